The number of carbonyl (C=O) groups excluding carboxylic acids is 2. The number of rotatable bonds is 1. The van der Waals surface area contributed by atoms with E-state index in [-0.39, 0.29) is 17.9 Å². The van der Waals surface area contributed by atoms with Gasteiger partial charge in [0.1, 0.15) is 5.54 Å². The molecule has 1 aliphatic heterocycles. The molecule has 1 aromatic carbocycles. The third-order valence-corrected chi connectivity index (χ3v) is 4.36. The highest BCUT2D eigenvalue weighted by Gasteiger charge is 2.48. The number of para-hydroxylation sites is 1. The molecule has 0 atom stereocenters. The van der Waals surface area contributed by atoms with Gasteiger partial charge in [-0.25, -0.2) is 0 Å². The van der Waals surface area contributed by atoms with Gasteiger partial charge in [0.25, 0.3) is 11.8 Å². The summed E-state index contributed by atoms with van der Waals surface area (Å²) in [5, 5.41) is 3.01. The fourth-order valence-electron chi connectivity index (χ4n) is 3.38. The summed E-state index contributed by atoms with van der Waals surface area (Å²) in [5.41, 5.74) is 0.632. The molecule has 2 amide bonds. The van der Waals surface area contributed by atoms with Crippen molar-refractivity contribution in [2.45, 2.75) is 51.1 Å². The van der Waals surface area contributed by atoms with Crippen molar-refractivity contribution < 1.29 is 9.59 Å². The Morgan fingerprint density at radius 2 is 1.80 bits per heavy atom. The van der Waals surface area contributed by atoms with E-state index in [1.165, 1.54) is 0 Å². The highest BCUT2D eigenvalue weighted by molar-refractivity contribution is 6.13. The van der Waals surface area contributed by atoms with Crippen LogP contribution in [0.5, 0.6) is 0 Å². The van der Waals surface area contributed by atoms with Gasteiger partial charge >= 0.3 is 0 Å². The summed E-state index contributed by atoms with van der Waals surface area (Å²) in [6.07, 6.45) is 3.48. The van der Waals surface area contributed by atoms with E-state index in [1.807, 2.05) is 32.0 Å². The van der Waals surface area contributed by atoms with E-state index in [4.69, 9.17) is 0 Å². The van der Waals surface area contributed by atoms with Gasteiger partial charge in [0.15, 0.2) is 0 Å². The van der Waals surface area contributed by atoms with Gasteiger partial charge in [-0.1, -0.05) is 25.0 Å². The van der Waals surface area contributed by atoms with Crippen molar-refractivity contribution >= 4 is 17.5 Å². The average molecular weight is 272 g/mol. The Morgan fingerprint density at radius 3 is 2.45 bits per heavy atom. The second-order valence-corrected chi connectivity index (χ2v) is 6.03. The van der Waals surface area contributed by atoms with Crippen LogP contribution in [-0.4, -0.2) is 23.4 Å². The van der Waals surface area contributed by atoms with Gasteiger partial charge in [-0.2, -0.15) is 0 Å². The van der Waals surface area contributed by atoms with Gasteiger partial charge in [0, 0.05) is 6.04 Å². The third kappa shape index (κ3) is 1.82. The van der Waals surface area contributed by atoms with Gasteiger partial charge in [-0.15, -0.1) is 0 Å². The third-order valence-electron chi connectivity index (χ3n) is 4.36. The standard InChI is InChI=1S/C16H20N2O2/c1-11(2)18-13-8-4-3-7-12(13)14(19)17-16(15(18)20)9-5-6-10-16/h3-4,7-8,11H,5-6,9-10H2,1-2H3,(H,17,19). The van der Waals surface area contributed by atoms with Crippen molar-refractivity contribution in [2.75, 3.05) is 4.90 Å². The van der Waals surface area contributed by atoms with Gasteiger partial charge in [-0.05, 0) is 38.8 Å². The van der Waals surface area contributed by atoms with Crippen molar-refractivity contribution in [3.8, 4) is 0 Å². The van der Waals surface area contributed by atoms with Gasteiger partial charge < -0.3 is 10.2 Å². The first-order valence-electron chi connectivity index (χ1n) is 7.30. The minimum Gasteiger partial charge on any atom is -0.338 e. The summed E-state index contributed by atoms with van der Waals surface area (Å²) in [6.45, 7) is 3.99. The molecule has 1 aromatic rings. The number of benzene rings is 1. The molecule has 0 saturated heterocycles. The summed E-state index contributed by atoms with van der Waals surface area (Å²) >= 11 is 0. The molecule has 3 rings (SSSR count). The molecule has 1 fully saturated rings. The normalized spacial score (nSPS) is 21.1. The minimum absolute atomic E-state index is 0.0359. The smallest absolute Gasteiger partial charge is 0.254 e. The number of anilines is 1. The molecule has 1 heterocycles. The Labute approximate surface area is 119 Å². The van der Waals surface area contributed by atoms with Crippen LogP contribution < -0.4 is 10.2 Å². The first-order valence-corrected chi connectivity index (χ1v) is 7.30. The van der Waals surface area contributed by atoms with Crippen LogP contribution in [0.15, 0.2) is 24.3 Å². The lowest BCUT2D eigenvalue weighted by atomic mass is 9.95. The fraction of sp³-hybridized carbons (Fsp3) is 0.500. The zero-order valence-electron chi connectivity index (χ0n) is 12.0. The Morgan fingerprint density at radius 1 is 1.15 bits per heavy atom. The Kier molecular flexibility index (Phi) is 3.04. The van der Waals surface area contributed by atoms with Crippen LogP contribution in [0.3, 0.4) is 0 Å². The van der Waals surface area contributed by atoms with Crippen LogP contribution >= 0.6 is 0 Å². The van der Waals surface area contributed by atoms with Crippen LogP contribution in [0.1, 0.15) is 49.9 Å². The van der Waals surface area contributed by atoms with Crippen LogP contribution in [0, 0.1) is 0 Å². The minimum atomic E-state index is -0.694. The lowest BCUT2D eigenvalue weighted by Crippen LogP contribution is -2.57. The predicted octanol–water partition coefficient (Wildman–Crippen LogP) is 2.48. The SMILES string of the molecule is CC(C)N1C(=O)C2(CCCC2)NC(=O)c2ccccc21. The number of nitrogens with one attached hydrogen (secondary N) is 1. The molecular formula is C16H20N2O2. The Bertz CT molecular complexity index is 559. The number of carbonyl (C=O) groups is 2. The maximum absolute atomic E-state index is 13.0. The summed E-state index contributed by atoms with van der Waals surface area (Å²) in [6, 6.07) is 7.41. The predicted molar refractivity (Wildman–Crippen MR) is 77.7 cm³/mol. The number of hydrogen-bond donors (Lipinski definition) is 1. The molecule has 0 radical (unpaired) electrons. The maximum Gasteiger partial charge on any atom is 0.254 e. The highest BCUT2D eigenvalue weighted by Crippen LogP contribution is 2.37. The van der Waals surface area contributed by atoms with Crippen molar-refractivity contribution in [1.29, 1.82) is 0 Å². The number of nitrogens with zero attached hydrogens (tertiary/aromatic N) is 1. The Hall–Kier alpha value is -1.84. The second kappa shape index (κ2) is 4.62. The summed E-state index contributed by atoms with van der Waals surface area (Å²) in [7, 11) is 0. The van der Waals surface area contributed by atoms with Gasteiger partial charge in [-0.3, -0.25) is 9.59 Å². The van der Waals surface area contributed by atoms with E-state index in [1.54, 1.807) is 11.0 Å². The zero-order chi connectivity index (χ0) is 14.3. The van der Waals surface area contributed by atoms with Crippen LogP contribution in [0.2, 0.25) is 0 Å². The lowest BCUT2D eigenvalue weighted by Gasteiger charge is -2.34. The van der Waals surface area contributed by atoms with Gasteiger partial charge in [0.2, 0.25) is 0 Å². The zero-order valence-corrected chi connectivity index (χ0v) is 12.0. The number of hydrogen-bond acceptors (Lipinski definition) is 2. The maximum atomic E-state index is 13.0. The van der Waals surface area contributed by atoms with Crippen molar-refractivity contribution in [3.63, 3.8) is 0 Å². The first kappa shape index (κ1) is 13.2. The van der Waals surface area contributed by atoms with Crippen molar-refractivity contribution in [3.05, 3.63) is 29.8 Å². The molecule has 106 valence electrons. The van der Waals surface area contributed by atoms with Crippen molar-refractivity contribution in [1.82, 2.24) is 5.32 Å². The largest absolute Gasteiger partial charge is 0.338 e. The quantitative estimate of drug-likeness (QED) is 0.854. The molecule has 1 N–H and O–H groups in total. The van der Waals surface area contributed by atoms with E-state index >= 15 is 0 Å². The molecule has 0 bridgehead atoms. The number of amides is 2. The van der Waals surface area contributed by atoms with Crippen LogP contribution in [-0.2, 0) is 4.79 Å². The van der Waals surface area contributed by atoms with E-state index in [2.05, 4.69) is 5.32 Å². The summed E-state index contributed by atoms with van der Waals surface area (Å²) < 4.78 is 0. The van der Waals surface area contributed by atoms with E-state index in [9.17, 15) is 9.59 Å². The van der Waals surface area contributed by atoms with E-state index in [0.717, 1.165) is 31.4 Å². The monoisotopic (exact) mass is 272 g/mol. The topological polar surface area (TPSA) is 49.4 Å². The Balaban J connectivity index is 2.16. The number of fused-ring (bicyclic) bond motifs is 1. The lowest BCUT2D eigenvalue weighted by molar-refractivity contribution is -0.124. The average Bonchev–Trinajstić information content (AvgIpc) is 2.85. The molecule has 2 aliphatic rings. The van der Waals surface area contributed by atoms with E-state index < -0.39 is 5.54 Å². The molecule has 0 unspecified atom stereocenters. The van der Waals surface area contributed by atoms with Crippen molar-refractivity contribution in [2.24, 2.45) is 0 Å². The molecule has 20 heavy (non-hydrogen) atoms. The molecule has 1 saturated carbocycles. The fourth-order valence-corrected chi connectivity index (χ4v) is 3.38. The second-order valence-electron chi connectivity index (χ2n) is 6.03. The molecule has 0 aromatic heterocycles. The van der Waals surface area contributed by atoms with Crippen LogP contribution in [0.4, 0.5) is 5.69 Å². The van der Waals surface area contributed by atoms with E-state index in [0.29, 0.717) is 5.56 Å². The molecule has 1 spiro atoms. The summed E-state index contributed by atoms with van der Waals surface area (Å²) in [4.78, 5) is 27.3. The highest BCUT2D eigenvalue weighted by atomic mass is 16.2. The molecule has 1 aliphatic carbocycles. The molecular weight excluding hydrogens is 252 g/mol. The van der Waals surface area contributed by atoms with Gasteiger partial charge in [0.05, 0.1) is 11.3 Å². The van der Waals surface area contributed by atoms with Crippen LogP contribution in [0.25, 0.3) is 0 Å². The molecule has 4 nitrogen and oxygen atoms in total. The summed E-state index contributed by atoms with van der Waals surface area (Å²) in [5.74, 6) is -0.0812. The first-order chi connectivity index (χ1) is 9.55. The molecule has 4 heteroatoms.